The van der Waals surface area contributed by atoms with Crippen LogP contribution in [0.2, 0.25) is 10.0 Å². The summed E-state index contributed by atoms with van der Waals surface area (Å²) in [5.74, 6) is -3.87. The summed E-state index contributed by atoms with van der Waals surface area (Å²) in [6.07, 6.45) is -5.00. The Morgan fingerprint density at radius 3 is 2.23 bits per heavy atom. The molecule has 0 amide bonds. The van der Waals surface area contributed by atoms with Gasteiger partial charge in [-0.3, -0.25) is 0 Å². The minimum Gasteiger partial charge on any atom is -0.478 e. The number of aromatic carboxylic acids is 1. The molecule has 0 aromatic heterocycles. The number of alkyl halides is 3. The maximum Gasteiger partial charge on any atom is 0.573 e. The zero-order valence-corrected chi connectivity index (χ0v) is 17.1. The maximum absolute atomic E-state index is 15.1. The molecular weight excluding hydrogens is 463 g/mol. The van der Waals surface area contributed by atoms with E-state index in [4.69, 9.17) is 27.9 Å². The first-order chi connectivity index (χ1) is 14.5. The third-order valence-corrected chi connectivity index (χ3v) is 4.68. The standard InChI is InChI=1S/C21H12Cl2F4O4/c1-10-2-4-11(5-3-10)17-18(24)13(20(28)29)9-15(23)19(17)30-12-6-7-14(22)16(8-12)31-21(25,26)27/h2-9H,1H3,(H,28,29). The number of benzene rings is 3. The zero-order valence-electron chi connectivity index (χ0n) is 15.6. The van der Waals surface area contributed by atoms with Gasteiger partial charge >= 0.3 is 12.3 Å². The second-order valence-electron chi connectivity index (χ2n) is 6.34. The van der Waals surface area contributed by atoms with Gasteiger partial charge in [0.05, 0.1) is 21.2 Å². The number of hydrogen-bond acceptors (Lipinski definition) is 3. The molecule has 162 valence electrons. The van der Waals surface area contributed by atoms with Crippen molar-refractivity contribution in [3.63, 3.8) is 0 Å². The average Bonchev–Trinajstić information content (AvgIpc) is 2.67. The van der Waals surface area contributed by atoms with Crippen molar-refractivity contribution in [3.05, 3.63) is 75.5 Å². The summed E-state index contributed by atoms with van der Waals surface area (Å²) in [5.41, 5.74) is 0.158. The Morgan fingerprint density at radius 2 is 1.65 bits per heavy atom. The molecule has 0 radical (unpaired) electrons. The first-order valence-corrected chi connectivity index (χ1v) is 9.27. The summed E-state index contributed by atoms with van der Waals surface area (Å²) in [6, 6.07) is 10.4. The van der Waals surface area contributed by atoms with Gasteiger partial charge in [0.1, 0.15) is 11.6 Å². The van der Waals surface area contributed by atoms with Crippen LogP contribution >= 0.6 is 23.2 Å². The van der Waals surface area contributed by atoms with Crippen molar-refractivity contribution in [2.75, 3.05) is 0 Å². The molecule has 10 heteroatoms. The van der Waals surface area contributed by atoms with Crippen LogP contribution in [0.1, 0.15) is 15.9 Å². The van der Waals surface area contributed by atoms with Crippen LogP contribution in [0.3, 0.4) is 0 Å². The van der Waals surface area contributed by atoms with Crippen LogP contribution in [0.5, 0.6) is 17.2 Å². The van der Waals surface area contributed by atoms with Crippen molar-refractivity contribution in [1.29, 1.82) is 0 Å². The lowest BCUT2D eigenvalue weighted by atomic mass is 9.99. The topological polar surface area (TPSA) is 55.8 Å². The molecule has 3 aromatic carbocycles. The fourth-order valence-electron chi connectivity index (χ4n) is 2.71. The highest BCUT2D eigenvalue weighted by atomic mass is 35.5. The van der Waals surface area contributed by atoms with Crippen molar-refractivity contribution >= 4 is 29.2 Å². The molecule has 0 saturated heterocycles. The molecular formula is C21H12Cl2F4O4. The monoisotopic (exact) mass is 474 g/mol. The summed E-state index contributed by atoms with van der Waals surface area (Å²) < 4.78 is 62.3. The molecule has 4 nitrogen and oxygen atoms in total. The normalized spacial score (nSPS) is 11.3. The Kier molecular flexibility index (Phi) is 6.33. The maximum atomic E-state index is 15.1. The van der Waals surface area contributed by atoms with Crippen molar-refractivity contribution in [2.24, 2.45) is 0 Å². The van der Waals surface area contributed by atoms with Crippen LogP contribution in [0, 0.1) is 12.7 Å². The number of halogens is 6. The van der Waals surface area contributed by atoms with Crippen molar-refractivity contribution in [1.82, 2.24) is 0 Å². The molecule has 0 aliphatic heterocycles. The van der Waals surface area contributed by atoms with Gasteiger partial charge in [0.25, 0.3) is 0 Å². The van der Waals surface area contributed by atoms with E-state index < -0.39 is 29.5 Å². The smallest absolute Gasteiger partial charge is 0.478 e. The zero-order chi connectivity index (χ0) is 22.9. The molecule has 0 bridgehead atoms. The van der Waals surface area contributed by atoms with E-state index >= 15 is 4.39 Å². The van der Waals surface area contributed by atoms with E-state index in [0.29, 0.717) is 0 Å². The molecule has 0 saturated carbocycles. The second-order valence-corrected chi connectivity index (χ2v) is 7.15. The number of ether oxygens (including phenoxy) is 2. The van der Waals surface area contributed by atoms with E-state index in [1.165, 1.54) is 18.2 Å². The Balaban J connectivity index is 2.15. The summed E-state index contributed by atoms with van der Waals surface area (Å²) >= 11 is 11.9. The predicted octanol–water partition coefficient (Wildman–Crippen LogP) is 7.50. The number of rotatable bonds is 5. The molecule has 0 unspecified atom stereocenters. The van der Waals surface area contributed by atoms with E-state index in [1.807, 2.05) is 0 Å². The Bertz CT molecular complexity index is 1150. The minimum absolute atomic E-state index is 0.193. The highest BCUT2D eigenvalue weighted by Crippen LogP contribution is 2.44. The van der Waals surface area contributed by atoms with Crippen LogP contribution in [-0.4, -0.2) is 17.4 Å². The van der Waals surface area contributed by atoms with Crippen LogP contribution in [0.4, 0.5) is 17.6 Å². The van der Waals surface area contributed by atoms with Crippen molar-refractivity contribution in [3.8, 4) is 28.4 Å². The number of carbonyl (C=O) groups is 1. The molecule has 0 heterocycles. The summed E-state index contributed by atoms with van der Waals surface area (Å²) in [7, 11) is 0. The quantitative estimate of drug-likeness (QED) is 0.389. The van der Waals surface area contributed by atoms with Gasteiger partial charge in [-0.2, -0.15) is 0 Å². The van der Waals surface area contributed by atoms with Crippen LogP contribution in [0.25, 0.3) is 11.1 Å². The van der Waals surface area contributed by atoms with E-state index in [-0.39, 0.29) is 32.7 Å². The minimum atomic E-state index is -5.00. The highest BCUT2D eigenvalue weighted by Gasteiger charge is 2.32. The number of hydrogen-bond donors (Lipinski definition) is 1. The Labute approximate surface area is 183 Å². The van der Waals surface area contributed by atoms with Gasteiger partial charge < -0.3 is 14.6 Å². The number of carboxylic acids is 1. The predicted molar refractivity (Wildman–Crippen MR) is 107 cm³/mol. The van der Waals surface area contributed by atoms with Gasteiger partial charge in [0.15, 0.2) is 11.5 Å². The SMILES string of the molecule is Cc1ccc(-c2c(F)c(C(=O)O)cc(Cl)c2Oc2ccc(Cl)c(OC(F)(F)F)c2)cc1. The third kappa shape index (κ3) is 5.21. The molecule has 3 rings (SSSR count). The molecule has 0 fully saturated rings. The van der Waals surface area contributed by atoms with Crippen LogP contribution in [-0.2, 0) is 0 Å². The highest BCUT2D eigenvalue weighted by molar-refractivity contribution is 6.33. The van der Waals surface area contributed by atoms with Gasteiger partial charge in [0, 0.05) is 6.07 Å². The molecule has 0 aliphatic carbocycles. The van der Waals surface area contributed by atoms with Crippen LogP contribution in [0.15, 0.2) is 48.5 Å². The van der Waals surface area contributed by atoms with E-state index in [1.54, 1.807) is 19.1 Å². The van der Waals surface area contributed by atoms with Gasteiger partial charge in [-0.1, -0.05) is 53.0 Å². The molecule has 3 aromatic rings. The summed E-state index contributed by atoms with van der Waals surface area (Å²) in [6.45, 7) is 1.80. The molecule has 0 aliphatic rings. The molecule has 31 heavy (non-hydrogen) atoms. The molecule has 0 spiro atoms. The summed E-state index contributed by atoms with van der Waals surface area (Å²) in [4.78, 5) is 11.4. The number of aryl methyl sites for hydroxylation is 1. The van der Waals surface area contributed by atoms with E-state index in [9.17, 15) is 23.1 Å². The number of carboxylic acid groups (broad SMARTS) is 1. The van der Waals surface area contributed by atoms with Crippen molar-refractivity contribution in [2.45, 2.75) is 13.3 Å². The Hall–Kier alpha value is -2.97. The largest absolute Gasteiger partial charge is 0.573 e. The van der Waals surface area contributed by atoms with Crippen molar-refractivity contribution < 1.29 is 36.9 Å². The van der Waals surface area contributed by atoms with Gasteiger partial charge in [-0.25, -0.2) is 9.18 Å². The fourth-order valence-corrected chi connectivity index (χ4v) is 3.11. The Morgan fingerprint density at radius 1 is 1.00 bits per heavy atom. The van der Waals surface area contributed by atoms with Gasteiger partial charge in [-0.15, -0.1) is 13.2 Å². The van der Waals surface area contributed by atoms with Gasteiger partial charge in [0.2, 0.25) is 0 Å². The molecule has 0 atom stereocenters. The average molecular weight is 475 g/mol. The lowest BCUT2D eigenvalue weighted by molar-refractivity contribution is -0.274. The van der Waals surface area contributed by atoms with E-state index in [2.05, 4.69) is 4.74 Å². The van der Waals surface area contributed by atoms with Crippen LogP contribution < -0.4 is 9.47 Å². The lowest BCUT2D eigenvalue weighted by Crippen LogP contribution is -2.17. The third-order valence-electron chi connectivity index (χ3n) is 4.09. The van der Waals surface area contributed by atoms with E-state index in [0.717, 1.165) is 23.8 Å². The first-order valence-electron chi connectivity index (χ1n) is 8.51. The fraction of sp³-hybridized carbons (Fsp3) is 0.0952. The molecule has 1 N–H and O–H groups in total. The first kappa shape index (κ1) is 22.7. The lowest BCUT2D eigenvalue weighted by Gasteiger charge is -2.17. The van der Waals surface area contributed by atoms with Gasteiger partial charge in [-0.05, 0) is 30.7 Å². The summed E-state index contributed by atoms with van der Waals surface area (Å²) in [5, 5.41) is 8.69. The second kappa shape index (κ2) is 8.64.